The van der Waals surface area contributed by atoms with E-state index in [0.29, 0.717) is 36.4 Å². The largest absolute Gasteiger partial charge is 0.465 e. The van der Waals surface area contributed by atoms with Crippen LogP contribution in [0.3, 0.4) is 0 Å². The Balaban J connectivity index is 1.90. The predicted octanol–water partition coefficient (Wildman–Crippen LogP) is 2.65. The second-order valence-corrected chi connectivity index (χ2v) is 6.63. The summed E-state index contributed by atoms with van der Waals surface area (Å²) in [6.45, 7) is 1.60. The first-order valence-corrected chi connectivity index (χ1v) is 8.46. The number of esters is 1. The van der Waals surface area contributed by atoms with Gasteiger partial charge in [0.25, 0.3) is 0 Å². The maximum absolute atomic E-state index is 11.7. The average Bonchev–Trinajstić information content (AvgIpc) is 3.13. The van der Waals surface area contributed by atoms with Crippen LogP contribution in [-0.2, 0) is 20.8 Å². The predicted molar refractivity (Wildman–Crippen MR) is 87.6 cm³/mol. The van der Waals surface area contributed by atoms with Crippen LogP contribution in [0.15, 0.2) is 29.4 Å². The van der Waals surface area contributed by atoms with Gasteiger partial charge in [-0.2, -0.15) is 0 Å². The average molecular weight is 354 g/mol. The number of hydrogen-bond acceptors (Lipinski definition) is 6. The van der Waals surface area contributed by atoms with Crippen LogP contribution < -0.4 is 0 Å². The lowest BCUT2D eigenvalue weighted by molar-refractivity contribution is -0.137. The summed E-state index contributed by atoms with van der Waals surface area (Å²) in [6.07, 6.45) is 0.691. The fourth-order valence-electron chi connectivity index (χ4n) is 2.28. The molecular formula is C15H16ClN3O3S. The molecule has 1 atom stereocenters. The third-order valence-corrected chi connectivity index (χ3v) is 4.95. The number of halogens is 1. The van der Waals surface area contributed by atoms with Crippen molar-refractivity contribution in [1.29, 1.82) is 0 Å². The molecule has 0 saturated carbocycles. The quantitative estimate of drug-likeness (QED) is 0.744. The van der Waals surface area contributed by atoms with Gasteiger partial charge in [0.1, 0.15) is 5.25 Å². The van der Waals surface area contributed by atoms with Gasteiger partial charge in [-0.15, -0.1) is 10.2 Å². The molecule has 1 aliphatic rings. The number of carbonyl (C=O) groups is 1. The SMILES string of the molecule is COCCn1c(S[C@H]2CCOC2=O)nnc1-c1ccc(Cl)cc1. The molecule has 2 aromatic rings. The first kappa shape index (κ1) is 16.3. The molecular weight excluding hydrogens is 338 g/mol. The number of thioether (sulfide) groups is 1. The van der Waals surface area contributed by atoms with Gasteiger partial charge in [-0.1, -0.05) is 23.4 Å². The monoisotopic (exact) mass is 353 g/mol. The minimum Gasteiger partial charge on any atom is -0.465 e. The van der Waals surface area contributed by atoms with Crippen LogP contribution in [0.1, 0.15) is 6.42 Å². The zero-order valence-electron chi connectivity index (χ0n) is 12.6. The number of methoxy groups -OCH3 is 1. The van der Waals surface area contributed by atoms with E-state index in [0.717, 1.165) is 11.4 Å². The Morgan fingerprint density at radius 3 is 2.83 bits per heavy atom. The third-order valence-electron chi connectivity index (χ3n) is 3.47. The molecule has 2 heterocycles. The number of ether oxygens (including phenoxy) is 2. The van der Waals surface area contributed by atoms with Crippen molar-refractivity contribution in [1.82, 2.24) is 14.8 Å². The molecule has 0 amide bonds. The maximum atomic E-state index is 11.7. The minimum atomic E-state index is -0.224. The molecule has 1 saturated heterocycles. The number of carbonyl (C=O) groups excluding carboxylic acids is 1. The highest BCUT2D eigenvalue weighted by molar-refractivity contribution is 8.00. The Morgan fingerprint density at radius 1 is 1.39 bits per heavy atom. The molecule has 1 aromatic heterocycles. The summed E-state index contributed by atoms with van der Waals surface area (Å²) >= 11 is 7.33. The van der Waals surface area contributed by atoms with Gasteiger partial charge >= 0.3 is 5.97 Å². The van der Waals surface area contributed by atoms with Crippen molar-refractivity contribution >= 4 is 29.3 Å². The van der Waals surface area contributed by atoms with Crippen molar-refractivity contribution in [2.75, 3.05) is 20.3 Å². The van der Waals surface area contributed by atoms with Crippen molar-refractivity contribution in [3.8, 4) is 11.4 Å². The van der Waals surface area contributed by atoms with Crippen molar-refractivity contribution < 1.29 is 14.3 Å². The van der Waals surface area contributed by atoms with Crippen LogP contribution in [0.25, 0.3) is 11.4 Å². The molecule has 0 radical (unpaired) electrons. The van der Waals surface area contributed by atoms with E-state index >= 15 is 0 Å². The van der Waals surface area contributed by atoms with Crippen LogP contribution in [0.5, 0.6) is 0 Å². The number of benzene rings is 1. The molecule has 1 fully saturated rings. The van der Waals surface area contributed by atoms with Gasteiger partial charge in [0, 0.05) is 24.1 Å². The number of nitrogens with zero attached hydrogens (tertiary/aromatic N) is 3. The first-order chi connectivity index (χ1) is 11.2. The Kier molecular flexibility index (Phi) is 5.20. The first-order valence-electron chi connectivity index (χ1n) is 7.20. The summed E-state index contributed by atoms with van der Waals surface area (Å²) in [5, 5.41) is 9.66. The fourth-order valence-corrected chi connectivity index (χ4v) is 3.44. The molecule has 23 heavy (non-hydrogen) atoms. The molecule has 0 N–H and O–H groups in total. The highest BCUT2D eigenvalue weighted by atomic mass is 35.5. The van der Waals surface area contributed by atoms with Crippen LogP contribution >= 0.6 is 23.4 Å². The molecule has 0 spiro atoms. The number of rotatable bonds is 6. The Hall–Kier alpha value is -1.57. The third kappa shape index (κ3) is 3.68. The van der Waals surface area contributed by atoms with E-state index in [4.69, 9.17) is 21.1 Å². The van der Waals surface area contributed by atoms with Gasteiger partial charge in [-0.25, -0.2) is 0 Å². The molecule has 1 aromatic carbocycles. The van der Waals surface area contributed by atoms with E-state index in [9.17, 15) is 4.79 Å². The Bertz CT molecular complexity index is 690. The smallest absolute Gasteiger partial charge is 0.319 e. The van der Waals surface area contributed by atoms with Gasteiger partial charge < -0.3 is 9.47 Å². The molecule has 0 aliphatic carbocycles. The van der Waals surface area contributed by atoms with E-state index in [1.54, 1.807) is 7.11 Å². The summed E-state index contributed by atoms with van der Waals surface area (Å²) in [5.41, 5.74) is 0.916. The molecule has 3 rings (SSSR count). The summed E-state index contributed by atoms with van der Waals surface area (Å²) in [6, 6.07) is 7.42. The van der Waals surface area contributed by atoms with Crippen molar-refractivity contribution in [2.45, 2.75) is 23.4 Å². The minimum absolute atomic E-state index is 0.190. The lowest BCUT2D eigenvalue weighted by atomic mass is 10.2. The fraction of sp³-hybridized carbons (Fsp3) is 0.400. The highest BCUT2D eigenvalue weighted by Crippen LogP contribution is 2.31. The highest BCUT2D eigenvalue weighted by Gasteiger charge is 2.30. The molecule has 122 valence electrons. The van der Waals surface area contributed by atoms with Crippen LogP contribution in [0.2, 0.25) is 5.02 Å². The Morgan fingerprint density at radius 2 is 2.17 bits per heavy atom. The van der Waals surface area contributed by atoms with Gasteiger partial charge in [-0.05, 0) is 24.3 Å². The second kappa shape index (κ2) is 7.33. The van der Waals surface area contributed by atoms with Crippen LogP contribution in [-0.4, -0.2) is 46.3 Å². The van der Waals surface area contributed by atoms with Gasteiger partial charge in [0.15, 0.2) is 11.0 Å². The standard InChI is InChI=1S/C15H16ClN3O3S/c1-21-9-7-19-13(10-2-4-11(16)5-3-10)17-18-15(19)23-12-6-8-22-14(12)20/h2-5,12H,6-9H2,1H3/t12-/m0/s1. The summed E-state index contributed by atoms with van der Waals surface area (Å²) in [4.78, 5) is 11.7. The molecule has 0 bridgehead atoms. The molecule has 0 unspecified atom stereocenters. The zero-order valence-corrected chi connectivity index (χ0v) is 14.1. The zero-order chi connectivity index (χ0) is 16.2. The lowest BCUT2D eigenvalue weighted by Gasteiger charge is -2.11. The lowest BCUT2D eigenvalue weighted by Crippen LogP contribution is -2.13. The van der Waals surface area contributed by atoms with Gasteiger partial charge in [-0.3, -0.25) is 9.36 Å². The normalized spacial score (nSPS) is 17.5. The topological polar surface area (TPSA) is 66.2 Å². The van der Waals surface area contributed by atoms with Gasteiger partial charge in [0.2, 0.25) is 0 Å². The van der Waals surface area contributed by atoms with E-state index in [2.05, 4.69) is 10.2 Å². The number of cyclic esters (lactones) is 1. The van der Waals surface area contributed by atoms with E-state index in [1.807, 2.05) is 28.8 Å². The van der Waals surface area contributed by atoms with Crippen LogP contribution in [0, 0.1) is 0 Å². The number of aromatic nitrogens is 3. The van der Waals surface area contributed by atoms with E-state index in [-0.39, 0.29) is 11.2 Å². The van der Waals surface area contributed by atoms with Crippen molar-refractivity contribution in [3.05, 3.63) is 29.3 Å². The molecule has 8 heteroatoms. The summed E-state index contributed by atoms with van der Waals surface area (Å²) in [7, 11) is 1.65. The van der Waals surface area contributed by atoms with E-state index < -0.39 is 0 Å². The second-order valence-electron chi connectivity index (χ2n) is 5.02. The van der Waals surface area contributed by atoms with E-state index in [1.165, 1.54) is 11.8 Å². The Labute approximate surface area is 143 Å². The maximum Gasteiger partial charge on any atom is 0.319 e. The number of hydrogen-bond donors (Lipinski definition) is 0. The van der Waals surface area contributed by atoms with Crippen molar-refractivity contribution in [3.63, 3.8) is 0 Å². The van der Waals surface area contributed by atoms with Crippen molar-refractivity contribution in [2.24, 2.45) is 0 Å². The summed E-state index contributed by atoms with van der Waals surface area (Å²) in [5.74, 6) is 0.539. The van der Waals surface area contributed by atoms with Gasteiger partial charge in [0.05, 0.1) is 19.8 Å². The summed E-state index contributed by atoms with van der Waals surface area (Å²) < 4.78 is 12.1. The molecule has 1 aliphatic heterocycles. The van der Waals surface area contributed by atoms with Crippen LogP contribution in [0.4, 0.5) is 0 Å². The molecule has 6 nitrogen and oxygen atoms in total.